The number of halogens is 2. The van der Waals surface area contributed by atoms with E-state index in [0.29, 0.717) is 38.3 Å². The van der Waals surface area contributed by atoms with Gasteiger partial charge in [-0.25, -0.2) is 0 Å². The molecule has 0 aliphatic heterocycles. The summed E-state index contributed by atoms with van der Waals surface area (Å²) in [4.78, 5) is 39.5. The second-order valence-corrected chi connectivity index (χ2v) is 10.5. The maximum atomic E-state index is 13.3. The quantitative estimate of drug-likeness (QED) is 0.132. The standard InChI is InChI=1S/C31H25Cl2N3O4S/c1-40-28-14-13-23(33)17-26(28)35-29(37)19-41-25-12-6-11-24(18-25)34-31(39)27(16-20-7-5-10-22(32)15-20)36-30(38)21-8-3-2-4-9-21/h2-18H,19H2,1H3,(H,34,39)(H,35,37)(H,36,38)/b27-16-. The molecule has 0 spiro atoms. The van der Waals surface area contributed by atoms with Crippen LogP contribution in [-0.2, 0) is 9.59 Å². The molecular weight excluding hydrogens is 581 g/mol. The Labute approximate surface area is 251 Å². The summed E-state index contributed by atoms with van der Waals surface area (Å²) in [6, 6.07) is 27.5. The molecule has 0 saturated heterocycles. The van der Waals surface area contributed by atoms with Crippen molar-refractivity contribution < 1.29 is 19.1 Å². The number of thioether (sulfide) groups is 1. The summed E-state index contributed by atoms with van der Waals surface area (Å²) >= 11 is 13.4. The van der Waals surface area contributed by atoms with Crippen LogP contribution in [0.5, 0.6) is 5.75 Å². The van der Waals surface area contributed by atoms with Gasteiger partial charge in [0, 0.05) is 26.2 Å². The SMILES string of the molecule is COc1ccc(Cl)cc1NC(=O)CSc1cccc(NC(=O)/C(=C/c2cccc(Cl)c2)NC(=O)c2ccccc2)c1. The predicted molar refractivity (Wildman–Crippen MR) is 166 cm³/mol. The van der Waals surface area contributed by atoms with Gasteiger partial charge in [-0.15, -0.1) is 11.8 Å². The zero-order chi connectivity index (χ0) is 29.2. The van der Waals surface area contributed by atoms with Crippen LogP contribution in [0.1, 0.15) is 15.9 Å². The molecule has 0 aliphatic carbocycles. The molecule has 0 atom stereocenters. The van der Waals surface area contributed by atoms with Crippen LogP contribution >= 0.6 is 35.0 Å². The fraction of sp³-hybridized carbons (Fsp3) is 0.0645. The first-order chi connectivity index (χ1) is 19.8. The second kappa shape index (κ2) is 14.4. The number of carbonyl (C=O) groups excluding carboxylic acids is 3. The topological polar surface area (TPSA) is 96.5 Å². The highest BCUT2D eigenvalue weighted by Gasteiger charge is 2.16. The Kier molecular flexibility index (Phi) is 10.5. The third kappa shape index (κ3) is 8.88. The molecule has 7 nitrogen and oxygen atoms in total. The van der Waals surface area contributed by atoms with Crippen LogP contribution < -0.4 is 20.7 Å². The smallest absolute Gasteiger partial charge is 0.272 e. The van der Waals surface area contributed by atoms with E-state index in [4.69, 9.17) is 27.9 Å². The van der Waals surface area contributed by atoms with E-state index in [9.17, 15) is 14.4 Å². The van der Waals surface area contributed by atoms with E-state index in [2.05, 4.69) is 16.0 Å². The van der Waals surface area contributed by atoms with Gasteiger partial charge >= 0.3 is 0 Å². The lowest BCUT2D eigenvalue weighted by Gasteiger charge is -2.13. The van der Waals surface area contributed by atoms with Crippen LogP contribution in [0.4, 0.5) is 11.4 Å². The van der Waals surface area contributed by atoms with Crippen LogP contribution in [0.2, 0.25) is 10.0 Å². The molecule has 0 aromatic heterocycles. The van der Waals surface area contributed by atoms with Gasteiger partial charge in [0.2, 0.25) is 5.91 Å². The van der Waals surface area contributed by atoms with Crippen molar-refractivity contribution in [2.24, 2.45) is 0 Å². The number of hydrogen-bond acceptors (Lipinski definition) is 5. The van der Waals surface area contributed by atoms with Crippen molar-refractivity contribution in [1.82, 2.24) is 5.32 Å². The molecule has 0 radical (unpaired) electrons. The Hall–Kier alpha value is -4.24. The first kappa shape index (κ1) is 29.7. The number of hydrogen-bond donors (Lipinski definition) is 3. The van der Waals surface area contributed by atoms with Crippen molar-refractivity contribution in [3.63, 3.8) is 0 Å². The molecule has 0 bridgehead atoms. The summed E-state index contributed by atoms with van der Waals surface area (Å²) in [6.07, 6.45) is 1.55. The Morgan fingerprint density at radius 3 is 2.34 bits per heavy atom. The van der Waals surface area contributed by atoms with E-state index < -0.39 is 11.8 Å². The van der Waals surface area contributed by atoms with E-state index in [1.165, 1.54) is 18.9 Å². The lowest BCUT2D eigenvalue weighted by molar-refractivity contribution is -0.114. The fourth-order valence-electron chi connectivity index (χ4n) is 3.68. The number of carbonyl (C=O) groups is 3. The van der Waals surface area contributed by atoms with Crippen molar-refractivity contribution in [1.29, 1.82) is 0 Å². The second-order valence-electron chi connectivity index (χ2n) is 8.60. The first-order valence-corrected chi connectivity index (χ1v) is 14.1. The highest BCUT2D eigenvalue weighted by Crippen LogP contribution is 2.28. The van der Waals surface area contributed by atoms with E-state index in [1.54, 1.807) is 97.1 Å². The average molecular weight is 607 g/mol. The number of nitrogens with one attached hydrogen (secondary N) is 3. The normalized spacial score (nSPS) is 11.0. The molecule has 10 heteroatoms. The van der Waals surface area contributed by atoms with E-state index in [-0.39, 0.29) is 17.4 Å². The lowest BCUT2D eigenvalue weighted by Crippen LogP contribution is -2.30. The van der Waals surface area contributed by atoms with Crippen LogP contribution in [-0.4, -0.2) is 30.6 Å². The third-order valence-electron chi connectivity index (χ3n) is 5.59. The highest BCUT2D eigenvalue weighted by molar-refractivity contribution is 8.00. The monoisotopic (exact) mass is 605 g/mol. The minimum Gasteiger partial charge on any atom is -0.495 e. The largest absolute Gasteiger partial charge is 0.495 e. The molecule has 3 amide bonds. The Morgan fingerprint density at radius 2 is 1.59 bits per heavy atom. The van der Waals surface area contributed by atoms with Crippen molar-refractivity contribution in [3.05, 3.63) is 124 Å². The minimum absolute atomic E-state index is 0.0361. The van der Waals surface area contributed by atoms with E-state index >= 15 is 0 Å². The van der Waals surface area contributed by atoms with Gasteiger partial charge in [0.15, 0.2) is 0 Å². The van der Waals surface area contributed by atoms with Gasteiger partial charge in [-0.2, -0.15) is 0 Å². The summed E-state index contributed by atoms with van der Waals surface area (Å²) in [6.45, 7) is 0. The molecule has 0 unspecified atom stereocenters. The third-order valence-corrected chi connectivity index (χ3v) is 7.05. The molecule has 0 saturated carbocycles. The number of rotatable bonds is 10. The first-order valence-electron chi connectivity index (χ1n) is 12.3. The van der Waals surface area contributed by atoms with Crippen molar-refractivity contribution in [3.8, 4) is 5.75 Å². The molecule has 4 aromatic rings. The predicted octanol–water partition coefficient (Wildman–Crippen LogP) is 7.14. The van der Waals surface area contributed by atoms with Crippen molar-refractivity contribution in [2.45, 2.75) is 4.90 Å². The van der Waals surface area contributed by atoms with Crippen molar-refractivity contribution >= 4 is 70.1 Å². The molecule has 41 heavy (non-hydrogen) atoms. The Balaban J connectivity index is 1.45. The summed E-state index contributed by atoms with van der Waals surface area (Å²) in [7, 11) is 1.51. The Morgan fingerprint density at radius 1 is 0.829 bits per heavy atom. The van der Waals surface area contributed by atoms with Crippen LogP contribution in [0.15, 0.2) is 108 Å². The van der Waals surface area contributed by atoms with Crippen LogP contribution in [0, 0.1) is 0 Å². The fourth-order valence-corrected chi connectivity index (χ4v) is 4.81. The number of benzene rings is 4. The maximum Gasteiger partial charge on any atom is 0.272 e. The highest BCUT2D eigenvalue weighted by atomic mass is 35.5. The maximum absolute atomic E-state index is 13.3. The molecule has 208 valence electrons. The zero-order valence-corrected chi connectivity index (χ0v) is 24.1. The average Bonchev–Trinajstić information content (AvgIpc) is 2.96. The van der Waals surface area contributed by atoms with Gasteiger partial charge in [-0.05, 0) is 72.3 Å². The number of amides is 3. The number of ether oxygens (including phenoxy) is 1. The van der Waals surface area contributed by atoms with E-state index in [1.807, 2.05) is 6.07 Å². The van der Waals surface area contributed by atoms with Gasteiger partial charge in [0.25, 0.3) is 11.8 Å². The molecule has 0 heterocycles. The van der Waals surface area contributed by atoms with E-state index in [0.717, 1.165) is 4.90 Å². The molecule has 4 aromatic carbocycles. The van der Waals surface area contributed by atoms with Gasteiger partial charge in [-0.3, -0.25) is 14.4 Å². The molecule has 0 fully saturated rings. The van der Waals surface area contributed by atoms with Gasteiger partial charge in [0.1, 0.15) is 11.4 Å². The molecule has 3 N–H and O–H groups in total. The van der Waals surface area contributed by atoms with Gasteiger partial charge in [-0.1, -0.05) is 59.6 Å². The molecular formula is C31H25Cl2N3O4S. The summed E-state index contributed by atoms with van der Waals surface area (Å²) in [5, 5.41) is 9.29. The molecule has 0 aliphatic rings. The summed E-state index contributed by atoms with van der Waals surface area (Å²) < 4.78 is 5.27. The van der Waals surface area contributed by atoms with Crippen LogP contribution in [0.25, 0.3) is 6.08 Å². The zero-order valence-electron chi connectivity index (χ0n) is 21.8. The van der Waals surface area contributed by atoms with Crippen molar-refractivity contribution in [2.75, 3.05) is 23.5 Å². The summed E-state index contributed by atoms with van der Waals surface area (Å²) in [5.74, 6) is -0.596. The van der Waals surface area contributed by atoms with Gasteiger partial charge < -0.3 is 20.7 Å². The van der Waals surface area contributed by atoms with Gasteiger partial charge in [0.05, 0.1) is 18.6 Å². The van der Waals surface area contributed by atoms with Crippen LogP contribution in [0.3, 0.4) is 0 Å². The molecule has 4 rings (SSSR count). The lowest BCUT2D eigenvalue weighted by atomic mass is 10.1. The Bertz CT molecular complexity index is 1600. The number of anilines is 2. The minimum atomic E-state index is -0.526. The number of methoxy groups -OCH3 is 1. The summed E-state index contributed by atoms with van der Waals surface area (Å²) in [5.41, 5.74) is 2.05.